The van der Waals surface area contributed by atoms with Crippen LogP contribution in [0, 0.1) is 5.92 Å². The Labute approximate surface area is 106 Å². The van der Waals surface area contributed by atoms with Crippen LogP contribution in [0.3, 0.4) is 0 Å². The molecule has 1 fully saturated rings. The minimum absolute atomic E-state index is 0.154. The first-order valence-corrected chi connectivity index (χ1v) is 6.21. The van der Waals surface area contributed by atoms with Crippen LogP contribution in [0.5, 0.6) is 0 Å². The molecule has 1 atom stereocenters. The summed E-state index contributed by atoms with van der Waals surface area (Å²) in [5.41, 5.74) is 0.626. The molecule has 0 saturated heterocycles. The Morgan fingerprint density at radius 1 is 1.53 bits per heavy atom. The van der Waals surface area contributed by atoms with Gasteiger partial charge in [0.2, 0.25) is 0 Å². The van der Waals surface area contributed by atoms with Crippen LogP contribution in [0.2, 0.25) is 5.02 Å². The first-order valence-electron chi connectivity index (χ1n) is 5.84. The fraction of sp³-hybridized carbons (Fsp3) is 0.462. The van der Waals surface area contributed by atoms with Crippen molar-refractivity contribution < 1.29 is 9.53 Å². The summed E-state index contributed by atoms with van der Waals surface area (Å²) in [4.78, 5) is 11.8. The molecule has 0 aliphatic heterocycles. The van der Waals surface area contributed by atoms with Crippen LogP contribution in [-0.2, 0) is 9.53 Å². The van der Waals surface area contributed by atoms with Gasteiger partial charge in [-0.1, -0.05) is 23.7 Å². The van der Waals surface area contributed by atoms with Crippen molar-refractivity contribution >= 4 is 23.2 Å². The molecule has 0 spiro atoms. The van der Waals surface area contributed by atoms with Crippen molar-refractivity contribution in [3.05, 3.63) is 29.3 Å². The molecule has 1 aliphatic rings. The molecule has 1 aromatic rings. The highest BCUT2D eigenvalue weighted by molar-refractivity contribution is 6.33. The second-order valence-electron chi connectivity index (χ2n) is 4.39. The maximum Gasteiger partial charge on any atom is 0.253 e. The Hall–Kier alpha value is -1.06. The molecule has 4 heteroatoms. The first kappa shape index (κ1) is 12.4. The number of rotatable bonds is 5. The van der Waals surface area contributed by atoms with Gasteiger partial charge in [-0.15, -0.1) is 0 Å². The zero-order valence-corrected chi connectivity index (χ0v) is 10.5. The Morgan fingerprint density at radius 2 is 2.24 bits per heavy atom. The van der Waals surface area contributed by atoms with Gasteiger partial charge in [-0.25, -0.2) is 0 Å². The molecule has 1 unspecified atom stereocenters. The van der Waals surface area contributed by atoms with Crippen LogP contribution in [0.1, 0.15) is 19.8 Å². The SMILES string of the molecule is CC(OCC1CC1)C(=O)Nc1ccccc1Cl. The molecule has 1 aromatic carbocycles. The lowest BCUT2D eigenvalue weighted by Crippen LogP contribution is -2.28. The molecule has 0 radical (unpaired) electrons. The van der Waals surface area contributed by atoms with E-state index in [1.165, 1.54) is 12.8 Å². The summed E-state index contributed by atoms with van der Waals surface area (Å²) < 4.78 is 5.48. The van der Waals surface area contributed by atoms with Crippen molar-refractivity contribution in [1.29, 1.82) is 0 Å². The Bertz CT molecular complexity index is 404. The minimum Gasteiger partial charge on any atom is -0.368 e. The number of nitrogens with one attached hydrogen (secondary N) is 1. The highest BCUT2D eigenvalue weighted by Gasteiger charge is 2.24. The fourth-order valence-corrected chi connectivity index (χ4v) is 1.62. The summed E-state index contributed by atoms with van der Waals surface area (Å²) in [7, 11) is 0. The summed E-state index contributed by atoms with van der Waals surface area (Å²) in [6.07, 6.45) is 2.00. The van der Waals surface area contributed by atoms with E-state index >= 15 is 0 Å². The van der Waals surface area contributed by atoms with E-state index in [4.69, 9.17) is 16.3 Å². The third kappa shape index (κ3) is 3.72. The lowest BCUT2D eigenvalue weighted by Gasteiger charge is -2.13. The summed E-state index contributed by atoms with van der Waals surface area (Å²) in [6, 6.07) is 7.17. The van der Waals surface area contributed by atoms with Crippen LogP contribution in [0.4, 0.5) is 5.69 Å². The number of hydrogen-bond acceptors (Lipinski definition) is 2. The van der Waals surface area contributed by atoms with E-state index in [-0.39, 0.29) is 5.91 Å². The Balaban J connectivity index is 1.84. The smallest absolute Gasteiger partial charge is 0.253 e. The second-order valence-corrected chi connectivity index (χ2v) is 4.80. The van der Waals surface area contributed by atoms with Gasteiger partial charge in [0, 0.05) is 0 Å². The number of halogens is 1. The molecule has 1 N–H and O–H groups in total. The van der Waals surface area contributed by atoms with E-state index in [1.807, 2.05) is 12.1 Å². The van der Waals surface area contributed by atoms with Crippen LogP contribution in [-0.4, -0.2) is 18.6 Å². The van der Waals surface area contributed by atoms with Gasteiger partial charge in [-0.3, -0.25) is 4.79 Å². The van der Waals surface area contributed by atoms with E-state index in [2.05, 4.69) is 5.32 Å². The van der Waals surface area contributed by atoms with E-state index in [0.717, 1.165) is 0 Å². The molecule has 0 bridgehead atoms. The molecular weight excluding hydrogens is 238 g/mol. The molecule has 1 saturated carbocycles. The minimum atomic E-state index is -0.438. The van der Waals surface area contributed by atoms with Gasteiger partial charge in [0.25, 0.3) is 5.91 Å². The average Bonchev–Trinajstić information content (AvgIpc) is 3.13. The standard InChI is InChI=1S/C13H16ClNO2/c1-9(17-8-10-6-7-10)13(16)15-12-5-3-2-4-11(12)14/h2-5,9-10H,6-8H2,1H3,(H,15,16). The van der Waals surface area contributed by atoms with Crippen molar-refractivity contribution in [3.63, 3.8) is 0 Å². The first-order chi connectivity index (χ1) is 8.16. The number of anilines is 1. The van der Waals surface area contributed by atoms with Crippen molar-refractivity contribution in [2.75, 3.05) is 11.9 Å². The molecule has 1 aliphatic carbocycles. The Morgan fingerprint density at radius 3 is 2.88 bits per heavy atom. The molecule has 0 aromatic heterocycles. The van der Waals surface area contributed by atoms with Gasteiger partial charge in [0.1, 0.15) is 6.10 Å². The molecule has 2 rings (SSSR count). The number of ether oxygens (including phenoxy) is 1. The predicted molar refractivity (Wildman–Crippen MR) is 68.2 cm³/mol. The highest BCUT2D eigenvalue weighted by atomic mass is 35.5. The number of hydrogen-bond donors (Lipinski definition) is 1. The van der Waals surface area contributed by atoms with E-state index < -0.39 is 6.10 Å². The lowest BCUT2D eigenvalue weighted by molar-refractivity contribution is -0.126. The van der Waals surface area contributed by atoms with Crippen LogP contribution in [0.15, 0.2) is 24.3 Å². The topological polar surface area (TPSA) is 38.3 Å². The van der Waals surface area contributed by atoms with Crippen molar-refractivity contribution in [2.45, 2.75) is 25.9 Å². The zero-order valence-electron chi connectivity index (χ0n) is 9.78. The fourth-order valence-electron chi connectivity index (χ4n) is 1.44. The van der Waals surface area contributed by atoms with Crippen molar-refractivity contribution in [3.8, 4) is 0 Å². The zero-order chi connectivity index (χ0) is 12.3. The quantitative estimate of drug-likeness (QED) is 0.876. The maximum absolute atomic E-state index is 11.8. The lowest BCUT2D eigenvalue weighted by atomic mass is 10.3. The average molecular weight is 254 g/mol. The monoisotopic (exact) mass is 253 g/mol. The number of para-hydroxylation sites is 1. The predicted octanol–water partition coefficient (Wildman–Crippen LogP) is 3.09. The van der Waals surface area contributed by atoms with E-state index in [9.17, 15) is 4.79 Å². The largest absolute Gasteiger partial charge is 0.368 e. The van der Waals surface area contributed by atoms with Gasteiger partial charge in [-0.05, 0) is 37.8 Å². The summed E-state index contributed by atoms with van der Waals surface area (Å²) in [5, 5.41) is 3.30. The summed E-state index contributed by atoms with van der Waals surface area (Å²) in [5.74, 6) is 0.504. The normalized spacial score (nSPS) is 16.6. The van der Waals surface area contributed by atoms with Crippen LogP contribution in [0.25, 0.3) is 0 Å². The highest BCUT2D eigenvalue weighted by Crippen LogP contribution is 2.29. The van der Waals surface area contributed by atoms with Crippen LogP contribution >= 0.6 is 11.6 Å². The second kappa shape index (κ2) is 5.52. The van der Waals surface area contributed by atoms with Gasteiger partial charge < -0.3 is 10.1 Å². The van der Waals surface area contributed by atoms with Gasteiger partial charge in [-0.2, -0.15) is 0 Å². The molecule has 0 heterocycles. The number of carbonyl (C=O) groups excluding carboxylic acids is 1. The third-order valence-electron chi connectivity index (χ3n) is 2.78. The van der Waals surface area contributed by atoms with Crippen LogP contribution < -0.4 is 5.32 Å². The number of amides is 1. The third-order valence-corrected chi connectivity index (χ3v) is 3.11. The molecule has 1 amide bonds. The molecule has 92 valence electrons. The van der Waals surface area contributed by atoms with Gasteiger partial charge in [0.15, 0.2) is 0 Å². The van der Waals surface area contributed by atoms with E-state index in [1.54, 1.807) is 19.1 Å². The summed E-state index contributed by atoms with van der Waals surface area (Å²) >= 11 is 5.95. The summed E-state index contributed by atoms with van der Waals surface area (Å²) in [6.45, 7) is 2.44. The van der Waals surface area contributed by atoms with Crippen molar-refractivity contribution in [2.24, 2.45) is 5.92 Å². The molecule has 3 nitrogen and oxygen atoms in total. The molecule has 17 heavy (non-hydrogen) atoms. The van der Waals surface area contributed by atoms with E-state index in [0.29, 0.717) is 23.2 Å². The Kier molecular flexibility index (Phi) is 4.02. The molecular formula is C13H16ClNO2. The number of benzene rings is 1. The maximum atomic E-state index is 11.8. The van der Waals surface area contributed by atoms with Gasteiger partial charge in [0.05, 0.1) is 17.3 Å². The van der Waals surface area contributed by atoms with Crippen molar-refractivity contribution in [1.82, 2.24) is 0 Å². The van der Waals surface area contributed by atoms with Gasteiger partial charge >= 0.3 is 0 Å². The number of carbonyl (C=O) groups is 1.